The summed E-state index contributed by atoms with van der Waals surface area (Å²) in [6.07, 6.45) is 5.54. The average molecular weight is 537 g/mol. The highest BCUT2D eigenvalue weighted by molar-refractivity contribution is 7.89. The maximum atomic E-state index is 11.8. The number of benzene rings is 2. The lowest BCUT2D eigenvalue weighted by molar-refractivity contribution is 0.465. The van der Waals surface area contributed by atoms with Gasteiger partial charge in [0.15, 0.2) is 0 Å². The first-order valence-electron chi connectivity index (χ1n) is 11.7. The summed E-state index contributed by atoms with van der Waals surface area (Å²) in [4.78, 5) is 13.4. The summed E-state index contributed by atoms with van der Waals surface area (Å²) in [6, 6.07) is 17.6. The Morgan fingerprint density at radius 2 is 1.81 bits per heavy atom. The standard InChI is InChI=1S/C26H25ClN6O3S/c27-24-20(5-1-7-23(24)37(28,34)35)17-8-10-19(11-9-17)36-25-21(6-3-14-30-25)22-12-15-31-26(33-22)32-18-4-2-13-29-16-18/h1,3,5-12,14-15,18,29H,2,4,13,16H2,(H2,28,34,35)(H,31,32,33)/t18-/m0/s1. The molecule has 1 aliphatic heterocycles. The first kappa shape index (κ1) is 25.1. The van der Waals surface area contributed by atoms with Gasteiger partial charge in [-0.1, -0.05) is 35.9 Å². The molecule has 0 unspecified atom stereocenters. The van der Waals surface area contributed by atoms with Gasteiger partial charge in [-0.15, -0.1) is 0 Å². The number of rotatable bonds is 7. The molecule has 5 rings (SSSR count). The zero-order valence-electron chi connectivity index (χ0n) is 19.8. The summed E-state index contributed by atoms with van der Waals surface area (Å²) in [5.74, 6) is 1.50. The largest absolute Gasteiger partial charge is 0.438 e. The summed E-state index contributed by atoms with van der Waals surface area (Å²) in [5.41, 5.74) is 2.68. The number of hydrogen-bond donors (Lipinski definition) is 3. The molecule has 0 spiro atoms. The summed E-state index contributed by atoms with van der Waals surface area (Å²) < 4.78 is 29.7. The molecular formula is C26H25ClN6O3S. The molecule has 0 bridgehead atoms. The first-order valence-corrected chi connectivity index (χ1v) is 13.7. The van der Waals surface area contributed by atoms with Gasteiger partial charge >= 0.3 is 0 Å². The van der Waals surface area contributed by atoms with E-state index in [9.17, 15) is 8.42 Å². The van der Waals surface area contributed by atoms with Gasteiger partial charge in [0.1, 0.15) is 10.6 Å². The van der Waals surface area contributed by atoms with E-state index >= 15 is 0 Å². The van der Waals surface area contributed by atoms with Crippen LogP contribution in [0.25, 0.3) is 22.4 Å². The Bertz CT molecular complexity index is 1510. The van der Waals surface area contributed by atoms with Crippen LogP contribution in [0.1, 0.15) is 12.8 Å². The van der Waals surface area contributed by atoms with Crippen molar-refractivity contribution >= 4 is 27.6 Å². The number of halogens is 1. The fraction of sp³-hybridized carbons (Fsp3) is 0.192. The van der Waals surface area contributed by atoms with Crippen molar-refractivity contribution in [2.75, 3.05) is 18.4 Å². The minimum atomic E-state index is -3.94. The summed E-state index contributed by atoms with van der Waals surface area (Å²) in [5, 5.41) is 12.1. The molecule has 4 N–H and O–H groups in total. The lowest BCUT2D eigenvalue weighted by Gasteiger charge is -2.23. The SMILES string of the molecule is NS(=O)(=O)c1cccc(-c2ccc(Oc3ncccc3-c3ccnc(N[C@H]4CCCNC4)n3)cc2)c1Cl. The second kappa shape index (κ2) is 10.8. The zero-order valence-corrected chi connectivity index (χ0v) is 21.3. The smallest absolute Gasteiger partial charge is 0.239 e. The predicted molar refractivity (Wildman–Crippen MR) is 143 cm³/mol. The molecule has 2 aromatic heterocycles. The van der Waals surface area contributed by atoms with Crippen molar-refractivity contribution in [3.8, 4) is 34.0 Å². The van der Waals surface area contributed by atoms with Gasteiger partial charge in [0.25, 0.3) is 0 Å². The number of primary sulfonamides is 1. The molecule has 0 aliphatic carbocycles. The fourth-order valence-corrected chi connectivity index (χ4v) is 5.36. The van der Waals surface area contributed by atoms with Crippen molar-refractivity contribution in [3.05, 3.63) is 78.1 Å². The van der Waals surface area contributed by atoms with Crippen molar-refractivity contribution in [1.29, 1.82) is 0 Å². The van der Waals surface area contributed by atoms with Crippen molar-refractivity contribution in [2.24, 2.45) is 5.14 Å². The molecule has 1 fully saturated rings. The number of ether oxygens (including phenoxy) is 1. The van der Waals surface area contributed by atoms with Crippen LogP contribution < -0.4 is 20.5 Å². The summed E-state index contributed by atoms with van der Waals surface area (Å²) in [7, 11) is -3.94. The van der Waals surface area contributed by atoms with Crippen LogP contribution in [0.3, 0.4) is 0 Å². The molecule has 1 saturated heterocycles. The second-order valence-corrected chi connectivity index (χ2v) is 10.5. The molecule has 0 radical (unpaired) electrons. The minimum absolute atomic E-state index is 0.0721. The van der Waals surface area contributed by atoms with Gasteiger partial charge in [-0.3, -0.25) is 0 Å². The van der Waals surface area contributed by atoms with E-state index in [2.05, 4.69) is 25.6 Å². The number of aromatic nitrogens is 3. The van der Waals surface area contributed by atoms with Crippen LogP contribution in [0, 0.1) is 0 Å². The van der Waals surface area contributed by atoms with Gasteiger partial charge in [0.2, 0.25) is 21.9 Å². The first-order chi connectivity index (χ1) is 17.9. The third-order valence-electron chi connectivity index (χ3n) is 5.98. The quantitative estimate of drug-likeness (QED) is 0.315. The predicted octanol–water partition coefficient (Wildman–Crippen LogP) is 4.46. The van der Waals surface area contributed by atoms with Crippen molar-refractivity contribution < 1.29 is 13.2 Å². The van der Waals surface area contributed by atoms with Crippen LogP contribution in [0.2, 0.25) is 5.02 Å². The topological polar surface area (TPSA) is 132 Å². The highest BCUT2D eigenvalue weighted by atomic mass is 35.5. The van der Waals surface area contributed by atoms with Crippen LogP contribution in [-0.2, 0) is 10.0 Å². The molecule has 1 aliphatic rings. The van der Waals surface area contributed by atoms with Gasteiger partial charge in [-0.2, -0.15) is 0 Å². The lowest BCUT2D eigenvalue weighted by atomic mass is 10.1. The highest BCUT2D eigenvalue weighted by Crippen LogP contribution is 2.35. The maximum Gasteiger partial charge on any atom is 0.239 e. The molecule has 4 aromatic rings. The second-order valence-electron chi connectivity index (χ2n) is 8.60. The van der Waals surface area contributed by atoms with Gasteiger partial charge in [-0.25, -0.2) is 28.5 Å². The Labute approximate surface area is 220 Å². The average Bonchev–Trinajstić information content (AvgIpc) is 2.90. The molecule has 3 heterocycles. The van der Waals surface area contributed by atoms with Gasteiger partial charge in [-0.05, 0) is 61.3 Å². The molecule has 11 heteroatoms. The third kappa shape index (κ3) is 5.89. The van der Waals surface area contributed by atoms with Crippen LogP contribution in [-0.4, -0.2) is 42.5 Å². The van der Waals surface area contributed by atoms with E-state index in [1.807, 2.05) is 18.2 Å². The van der Waals surface area contributed by atoms with E-state index in [1.54, 1.807) is 48.8 Å². The van der Waals surface area contributed by atoms with Gasteiger partial charge in [0, 0.05) is 30.5 Å². The lowest BCUT2D eigenvalue weighted by Crippen LogP contribution is -2.38. The molecule has 1 atom stereocenters. The molecule has 190 valence electrons. The Morgan fingerprint density at radius 1 is 1.00 bits per heavy atom. The van der Waals surface area contributed by atoms with E-state index in [0.717, 1.165) is 31.5 Å². The molecule has 0 amide bonds. The number of anilines is 1. The molecule has 2 aromatic carbocycles. The van der Waals surface area contributed by atoms with Crippen molar-refractivity contribution in [3.63, 3.8) is 0 Å². The molecule has 0 saturated carbocycles. The number of sulfonamides is 1. The minimum Gasteiger partial charge on any atom is -0.438 e. The Hall–Kier alpha value is -3.57. The maximum absolute atomic E-state index is 11.8. The van der Waals surface area contributed by atoms with Crippen molar-refractivity contribution in [1.82, 2.24) is 20.3 Å². The van der Waals surface area contributed by atoms with Gasteiger partial charge < -0.3 is 15.4 Å². The van der Waals surface area contributed by atoms with E-state index in [4.69, 9.17) is 21.5 Å². The zero-order chi connectivity index (χ0) is 25.8. The fourth-order valence-electron chi connectivity index (χ4n) is 4.17. The van der Waals surface area contributed by atoms with E-state index < -0.39 is 10.0 Å². The third-order valence-corrected chi connectivity index (χ3v) is 7.45. The molecular weight excluding hydrogens is 512 g/mol. The normalized spacial score (nSPS) is 15.8. The van der Waals surface area contributed by atoms with E-state index in [-0.39, 0.29) is 16.0 Å². The van der Waals surface area contributed by atoms with E-state index in [1.165, 1.54) is 6.07 Å². The number of piperidine rings is 1. The van der Waals surface area contributed by atoms with Crippen LogP contribution >= 0.6 is 11.6 Å². The van der Waals surface area contributed by atoms with E-state index in [0.29, 0.717) is 34.4 Å². The van der Waals surface area contributed by atoms with Crippen molar-refractivity contribution in [2.45, 2.75) is 23.8 Å². The Kier molecular flexibility index (Phi) is 7.33. The van der Waals surface area contributed by atoms with Crippen LogP contribution in [0.15, 0.2) is 78.0 Å². The summed E-state index contributed by atoms with van der Waals surface area (Å²) in [6.45, 7) is 1.91. The molecule has 37 heavy (non-hydrogen) atoms. The number of nitrogens with one attached hydrogen (secondary N) is 2. The Balaban J connectivity index is 1.37. The monoisotopic (exact) mass is 536 g/mol. The number of nitrogens with zero attached hydrogens (tertiary/aromatic N) is 3. The Morgan fingerprint density at radius 3 is 2.57 bits per heavy atom. The highest BCUT2D eigenvalue weighted by Gasteiger charge is 2.18. The number of hydrogen-bond acceptors (Lipinski definition) is 8. The number of pyridine rings is 1. The van der Waals surface area contributed by atoms with Crippen LogP contribution in [0.4, 0.5) is 5.95 Å². The van der Waals surface area contributed by atoms with Crippen LogP contribution in [0.5, 0.6) is 11.6 Å². The summed E-state index contributed by atoms with van der Waals surface area (Å²) >= 11 is 6.34. The number of nitrogens with two attached hydrogens (primary N) is 1. The van der Waals surface area contributed by atoms with Gasteiger partial charge in [0.05, 0.1) is 16.3 Å². The molecule has 9 nitrogen and oxygen atoms in total.